The van der Waals surface area contributed by atoms with Gasteiger partial charge in [-0.15, -0.1) is 0 Å². The van der Waals surface area contributed by atoms with Gasteiger partial charge in [-0.05, 0) is 57.8 Å². The lowest BCUT2D eigenvalue weighted by atomic mass is 10.0. The minimum Gasteiger partial charge on any atom is -0.466 e. The number of allylic oxidation sites excluding steroid dienone is 3. The van der Waals surface area contributed by atoms with E-state index in [1.807, 2.05) is 6.08 Å². The van der Waals surface area contributed by atoms with Gasteiger partial charge in [0.15, 0.2) is 0 Å². The van der Waals surface area contributed by atoms with E-state index in [0.717, 1.165) is 38.5 Å². The summed E-state index contributed by atoms with van der Waals surface area (Å²) in [5, 5.41) is 23.3. The molecule has 1 amide bonds. The molecule has 0 aliphatic rings. The second-order valence-electron chi connectivity index (χ2n) is 27.4. The van der Waals surface area contributed by atoms with Crippen LogP contribution in [0.25, 0.3) is 0 Å². The highest BCUT2D eigenvalue weighted by molar-refractivity contribution is 5.76. The average molecular weight is 1210 g/mol. The van der Waals surface area contributed by atoms with Crippen molar-refractivity contribution in [3.05, 3.63) is 24.3 Å². The molecule has 0 heterocycles. The van der Waals surface area contributed by atoms with Crippen molar-refractivity contribution in [3.8, 4) is 0 Å². The number of hydrogen-bond donors (Lipinski definition) is 3. The number of rotatable bonds is 75. The molecule has 510 valence electrons. The molecular formula is C80H155NO5. The van der Waals surface area contributed by atoms with Crippen molar-refractivity contribution in [2.45, 2.75) is 463 Å². The highest BCUT2D eigenvalue weighted by Crippen LogP contribution is 2.20. The molecule has 0 bridgehead atoms. The third-order valence-corrected chi connectivity index (χ3v) is 18.7. The van der Waals surface area contributed by atoms with Crippen molar-refractivity contribution in [3.63, 3.8) is 0 Å². The van der Waals surface area contributed by atoms with Crippen molar-refractivity contribution in [1.82, 2.24) is 5.32 Å². The molecule has 0 saturated carbocycles. The summed E-state index contributed by atoms with van der Waals surface area (Å²) < 4.78 is 5.48. The molecule has 0 aromatic rings. The van der Waals surface area contributed by atoms with Crippen LogP contribution in [0, 0.1) is 0 Å². The second kappa shape index (κ2) is 75.8. The standard InChI is InChI=1S/C80H155NO5/c1-3-5-7-9-11-13-15-16-17-18-19-20-21-31-34-37-40-43-46-49-53-56-60-64-68-72-78(83)77(76-82)81-79(84)73-69-65-61-57-54-50-47-44-41-38-35-32-29-27-25-23-22-24-26-28-30-33-36-39-42-45-48-51-55-59-63-67-71-75-86-80(85)74-70-66-62-58-52-14-12-10-8-6-4-2/h26,28,68,72,77-78,82-83H,3-25,27,29-67,69-71,73-76H2,1-2H3,(H,81,84)/b28-26-,72-68+. The Morgan fingerprint density at radius 3 is 0.826 bits per heavy atom. The number of aliphatic hydroxyl groups is 2. The number of unbranched alkanes of at least 4 members (excludes halogenated alkanes) is 62. The molecule has 86 heavy (non-hydrogen) atoms. The number of carbonyl (C=O) groups is 2. The third kappa shape index (κ3) is 71.4. The molecule has 2 atom stereocenters. The molecule has 0 saturated heterocycles. The Kier molecular flexibility index (Phi) is 74.3. The molecular weight excluding hydrogens is 1050 g/mol. The van der Waals surface area contributed by atoms with Gasteiger partial charge in [-0.1, -0.05) is 404 Å². The molecule has 6 nitrogen and oxygen atoms in total. The maximum atomic E-state index is 12.6. The van der Waals surface area contributed by atoms with Gasteiger partial charge in [0.25, 0.3) is 0 Å². The van der Waals surface area contributed by atoms with Crippen LogP contribution in [0.15, 0.2) is 24.3 Å². The molecule has 0 aliphatic heterocycles. The van der Waals surface area contributed by atoms with Crippen molar-refractivity contribution in [1.29, 1.82) is 0 Å². The Morgan fingerprint density at radius 1 is 0.314 bits per heavy atom. The number of nitrogens with one attached hydrogen (secondary N) is 1. The fraction of sp³-hybridized carbons (Fsp3) is 0.925. The lowest BCUT2D eigenvalue weighted by molar-refractivity contribution is -0.143. The van der Waals surface area contributed by atoms with Crippen LogP contribution in [-0.4, -0.2) is 47.4 Å². The first kappa shape index (κ1) is 84.3. The van der Waals surface area contributed by atoms with E-state index in [1.54, 1.807) is 6.08 Å². The lowest BCUT2D eigenvalue weighted by Crippen LogP contribution is -2.45. The van der Waals surface area contributed by atoms with Crippen molar-refractivity contribution >= 4 is 11.9 Å². The number of aliphatic hydroxyl groups excluding tert-OH is 2. The van der Waals surface area contributed by atoms with Gasteiger partial charge in [0, 0.05) is 12.8 Å². The molecule has 0 rings (SSSR count). The van der Waals surface area contributed by atoms with Crippen LogP contribution >= 0.6 is 0 Å². The summed E-state index contributed by atoms with van der Waals surface area (Å²) in [6, 6.07) is -0.627. The minimum absolute atomic E-state index is 0.0190. The predicted octanol–water partition coefficient (Wildman–Crippen LogP) is 26.0. The Hall–Kier alpha value is -1.66. The number of carbonyl (C=O) groups excluding carboxylic acids is 2. The summed E-state index contributed by atoms with van der Waals surface area (Å²) in [4.78, 5) is 24.6. The zero-order chi connectivity index (χ0) is 62.0. The first-order valence-corrected chi connectivity index (χ1v) is 39.6. The summed E-state index contributed by atoms with van der Waals surface area (Å²) in [6.45, 7) is 4.95. The predicted molar refractivity (Wildman–Crippen MR) is 380 cm³/mol. The van der Waals surface area contributed by atoms with E-state index < -0.39 is 12.1 Å². The fourth-order valence-corrected chi connectivity index (χ4v) is 12.7. The normalized spacial score (nSPS) is 12.6. The monoisotopic (exact) mass is 1210 g/mol. The SMILES string of the molecule is CCCCCCCCCCCCCCCCCCCCCCCCC/C=C/C(O)C(CO)NC(=O)CCCCCCCCCCCCCCCCCCC/C=C\CCCCCCCCCCCCCCOC(=O)CCCCCCCCCCCCC. The van der Waals surface area contributed by atoms with Crippen LogP contribution < -0.4 is 5.32 Å². The number of ether oxygens (including phenoxy) is 1. The smallest absolute Gasteiger partial charge is 0.305 e. The number of hydrogen-bond acceptors (Lipinski definition) is 5. The van der Waals surface area contributed by atoms with E-state index in [9.17, 15) is 19.8 Å². The summed E-state index contributed by atoms with van der Waals surface area (Å²) in [5.41, 5.74) is 0. The minimum atomic E-state index is -0.844. The van der Waals surface area contributed by atoms with Gasteiger partial charge in [0.2, 0.25) is 5.91 Å². The molecule has 0 radical (unpaired) electrons. The Labute approximate surface area is 539 Å². The largest absolute Gasteiger partial charge is 0.466 e. The summed E-state index contributed by atoms with van der Waals surface area (Å²) >= 11 is 0. The molecule has 0 fully saturated rings. The van der Waals surface area contributed by atoms with E-state index in [2.05, 4.69) is 31.3 Å². The first-order valence-electron chi connectivity index (χ1n) is 39.6. The van der Waals surface area contributed by atoms with Gasteiger partial charge >= 0.3 is 5.97 Å². The zero-order valence-electron chi connectivity index (χ0n) is 58.6. The van der Waals surface area contributed by atoms with Crippen LogP contribution in [-0.2, 0) is 14.3 Å². The quantitative estimate of drug-likeness (QED) is 0.0320. The number of esters is 1. The molecule has 2 unspecified atom stereocenters. The first-order chi connectivity index (χ1) is 42.5. The Balaban J connectivity index is 3.38. The molecule has 3 N–H and O–H groups in total. The third-order valence-electron chi connectivity index (χ3n) is 18.7. The van der Waals surface area contributed by atoms with Gasteiger partial charge in [-0.2, -0.15) is 0 Å². The van der Waals surface area contributed by atoms with Crippen LogP contribution in [0.4, 0.5) is 0 Å². The van der Waals surface area contributed by atoms with E-state index in [4.69, 9.17) is 4.74 Å². The van der Waals surface area contributed by atoms with Crippen molar-refractivity contribution in [2.24, 2.45) is 0 Å². The lowest BCUT2D eigenvalue weighted by Gasteiger charge is -2.20. The highest BCUT2D eigenvalue weighted by atomic mass is 16.5. The van der Waals surface area contributed by atoms with Crippen LogP contribution in [0.5, 0.6) is 0 Å². The molecule has 0 spiro atoms. The molecule has 6 heteroatoms. The summed E-state index contributed by atoms with van der Waals surface area (Å²) in [7, 11) is 0. The van der Waals surface area contributed by atoms with Gasteiger partial charge in [0.1, 0.15) is 0 Å². The van der Waals surface area contributed by atoms with Gasteiger partial charge in [-0.3, -0.25) is 9.59 Å². The maximum absolute atomic E-state index is 12.6. The van der Waals surface area contributed by atoms with Crippen molar-refractivity contribution < 1.29 is 24.5 Å². The van der Waals surface area contributed by atoms with Crippen LogP contribution in [0.2, 0.25) is 0 Å². The van der Waals surface area contributed by atoms with E-state index in [1.165, 1.54) is 385 Å². The van der Waals surface area contributed by atoms with Crippen molar-refractivity contribution in [2.75, 3.05) is 13.2 Å². The van der Waals surface area contributed by atoms with Gasteiger partial charge in [-0.25, -0.2) is 0 Å². The van der Waals surface area contributed by atoms with Gasteiger partial charge in [0.05, 0.1) is 25.4 Å². The second-order valence-corrected chi connectivity index (χ2v) is 27.4. The highest BCUT2D eigenvalue weighted by Gasteiger charge is 2.18. The zero-order valence-corrected chi connectivity index (χ0v) is 58.6. The average Bonchev–Trinajstić information content (AvgIpc) is 3.58. The molecule has 0 aromatic heterocycles. The number of amides is 1. The Morgan fingerprint density at radius 2 is 0.547 bits per heavy atom. The fourth-order valence-electron chi connectivity index (χ4n) is 12.7. The van der Waals surface area contributed by atoms with Gasteiger partial charge < -0.3 is 20.3 Å². The topological polar surface area (TPSA) is 95.9 Å². The molecule has 0 aromatic carbocycles. The maximum Gasteiger partial charge on any atom is 0.305 e. The van der Waals surface area contributed by atoms with E-state index >= 15 is 0 Å². The Bertz CT molecular complexity index is 1350. The summed E-state index contributed by atoms with van der Waals surface area (Å²) in [6.07, 6.45) is 97.3. The van der Waals surface area contributed by atoms with Crippen LogP contribution in [0.3, 0.4) is 0 Å². The van der Waals surface area contributed by atoms with Crippen LogP contribution in [0.1, 0.15) is 450 Å². The van der Waals surface area contributed by atoms with E-state index in [0.29, 0.717) is 19.4 Å². The summed E-state index contributed by atoms with van der Waals surface area (Å²) in [5.74, 6) is -0.0404. The van der Waals surface area contributed by atoms with E-state index in [-0.39, 0.29) is 18.5 Å². The molecule has 0 aliphatic carbocycles.